The van der Waals surface area contributed by atoms with Gasteiger partial charge in [0, 0.05) is 50.3 Å². The van der Waals surface area contributed by atoms with E-state index in [2.05, 4.69) is 20.2 Å². The van der Waals surface area contributed by atoms with Crippen molar-refractivity contribution in [1.29, 1.82) is 0 Å². The van der Waals surface area contributed by atoms with Gasteiger partial charge < -0.3 is 19.7 Å². The number of amides is 2. The molecule has 1 aliphatic heterocycles. The molecule has 1 aromatic carbocycles. The number of aromatic nitrogens is 3. The first kappa shape index (κ1) is 18.0. The molecule has 4 rings (SSSR count). The minimum atomic E-state index is -0.328. The molecular weight excluding hydrogens is 359 g/mol. The van der Waals surface area contributed by atoms with Crippen molar-refractivity contribution in [3.63, 3.8) is 0 Å². The van der Waals surface area contributed by atoms with Crippen LogP contribution < -0.4 is 10.2 Å². The zero-order valence-corrected chi connectivity index (χ0v) is 15.5. The van der Waals surface area contributed by atoms with Gasteiger partial charge in [-0.2, -0.15) is 0 Å². The summed E-state index contributed by atoms with van der Waals surface area (Å²) in [6.45, 7) is 4.39. The molecule has 0 radical (unpaired) electrons. The summed E-state index contributed by atoms with van der Waals surface area (Å²) in [6.07, 6.45) is 3.90. The zero-order chi connectivity index (χ0) is 19.5. The Morgan fingerprint density at radius 1 is 1.00 bits per heavy atom. The summed E-state index contributed by atoms with van der Waals surface area (Å²) in [4.78, 5) is 25.4. The maximum atomic E-state index is 13.0. The highest BCUT2D eigenvalue weighted by Gasteiger charge is 2.22. The van der Waals surface area contributed by atoms with Crippen molar-refractivity contribution in [2.24, 2.45) is 0 Å². The fourth-order valence-corrected chi connectivity index (χ4v) is 3.19. The van der Waals surface area contributed by atoms with E-state index < -0.39 is 0 Å². The molecule has 1 N–H and O–H groups in total. The largest absolute Gasteiger partial charge is 0.353 e. The predicted octanol–water partition coefficient (Wildman–Crippen LogP) is 3.07. The molecule has 144 valence electrons. The van der Waals surface area contributed by atoms with Crippen LogP contribution in [0, 0.1) is 12.7 Å². The number of carbonyl (C=O) groups is 1. The Morgan fingerprint density at radius 3 is 2.32 bits per heavy atom. The molecule has 1 saturated heterocycles. The molecule has 0 saturated carbocycles. The zero-order valence-electron chi connectivity index (χ0n) is 15.5. The summed E-state index contributed by atoms with van der Waals surface area (Å²) in [5, 5.41) is 2.80. The molecule has 2 aromatic heterocycles. The second-order valence-corrected chi connectivity index (χ2v) is 6.63. The van der Waals surface area contributed by atoms with Gasteiger partial charge in [0.25, 0.3) is 0 Å². The first-order valence-electron chi connectivity index (χ1n) is 9.14. The average molecular weight is 380 g/mol. The number of hydrogen-bond donors (Lipinski definition) is 1. The minimum absolute atomic E-state index is 0.182. The smallest absolute Gasteiger partial charge is 0.321 e. The van der Waals surface area contributed by atoms with Crippen LogP contribution in [0.3, 0.4) is 0 Å². The quantitative estimate of drug-likeness (QED) is 0.758. The molecule has 0 atom stereocenters. The fourth-order valence-electron chi connectivity index (χ4n) is 3.19. The number of aryl methyl sites for hydroxylation is 1. The van der Waals surface area contributed by atoms with Crippen molar-refractivity contribution >= 4 is 17.5 Å². The molecule has 3 heterocycles. The van der Waals surface area contributed by atoms with Crippen molar-refractivity contribution in [3.05, 3.63) is 66.5 Å². The van der Waals surface area contributed by atoms with E-state index in [1.54, 1.807) is 17.0 Å². The number of anilines is 2. The third-order valence-corrected chi connectivity index (χ3v) is 4.67. The van der Waals surface area contributed by atoms with Crippen LogP contribution in [0.15, 0.2) is 54.9 Å². The first-order chi connectivity index (χ1) is 13.6. The number of urea groups is 1. The summed E-state index contributed by atoms with van der Waals surface area (Å²) in [6, 6.07) is 11.4. The van der Waals surface area contributed by atoms with Gasteiger partial charge in [0.2, 0.25) is 0 Å². The molecule has 1 aliphatic rings. The van der Waals surface area contributed by atoms with Crippen LogP contribution in [0.2, 0.25) is 0 Å². The molecule has 28 heavy (non-hydrogen) atoms. The van der Waals surface area contributed by atoms with Gasteiger partial charge in [-0.05, 0) is 43.3 Å². The van der Waals surface area contributed by atoms with Crippen LogP contribution in [0.5, 0.6) is 0 Å². The number of rotatable bonds is 3. The van der Waals surface area contributed by atoms with Crippen molar-refractivity contribution in [2.75, 3.05) is 36.4 Å². The lowest BCUT2D eigenvalue weighted by atomic mass is 10.3. The van der Waals surface area contributed by atoms with E-state index in [1.807, 2.05) is 42.1 Å². The third-order valence-electron chi connectivity index (χ3n) is 4.67. The third kappa shape index (κ3) is 3.95. The number of nitrogens with zero attached hydrogens (tertiary/aromatic N) is 5. The highest BCUT2D eigenvalue weighted by Crippen LogP contribution is 2.18. The van der Waals surface area contributed by atoms with E-state index in [-0.39, 0.29) is 11.8 Å². The Kier molecular flexibility index (Phi) is 4.92. The standard InChI is InChI=1S/C20H21FN6O/c1-15-22-18(25-8-2-3-9-25)14-19(23-15)26-10-12-27(13-11-26)20(28)24-17-6-4-16(21)5-7-17/h2-9,14H,10-13H2,1H3,(H,24,28). The Hall–Kier alpha value is -3.42. The summed E-state index contributed by atoms with van der Waals surface area (Å²) in [5.41, 5.74) is 0.580. The monoisotopic (exact) mass is 380 g/mol. The first-order valence-corrected chi connectivity index (χ1v) is 9.14. The molecule has 0 unspecified atom stereocenters. The predicted molar refractivity (Wildman–Crippen MR) is 105 cm³/mol. The average Bonchev–Trinajstić information content (AvgIpc) is 3.24. The summed E-state index contributed by atoms with van der Waals surface area (Å²) >= 11 is 0. The molecule has 1 fully saturated rings. The number of benzene rings is 1. The number of carbonyl (C=O) groups excluding carboxylic acids is 1. The van der Waals surface area contributed by atoms with Gasteiger partial charge in [0.05, 0.1) is 0 Å². The van der Waals surface area contributed by atoms with Crippen LogP contribution >= 0.6 is 0 Å². The second kappa shape index (κ2) is 7.67. The maximum absolute atomic E-state index is 13.0. The van der Waals surface area contributed by atoms with Gasteiger partial charge >= 0.3 is 6.03 Å². The van der Waals surface area contributed by atoms with Crippen molar-refractivity contribution in [3.8, 4) is 5.82 Å². The van der Waals surface area contributed by atoms with Gasteiger partial charge in [-0.25, -0.2) is 19.2 Å². The van der Waals surface area contributed by atoms with E-state index in [0.29, 0.717) is 37.7 Å². The number of piperazine rings is 1. The van der Waals surface area contributed by atoms with Crippen LogP contribution in [-0.4, -0.2) is 51.6 Å². The van der Waals surface area contributed by atoms with Gasteiger partial charge in [-0.15, -0.1) is 0 Å². The Labute approximate surface area is 162 Å². The van der Waals surface area contributed by atoms with Crippen LogP contribution in [0.4, 0.5) is 20.7 Å². The summed E-state index contributed by atoms with van der Waals surface area (Å²) in [7, 11) is 0. The highest BCUT2D eigenvalue weighted by molar-refractivity contribution is 5.89. The van der Waals surface area contributed by atoms with Crippen molar-refractivity contribution in [2.45, 2.75) is 6.92 Å². The topological polar surface area (TPSA) is 66.3 Å². The van der Waals surface area contributed by atoms with E-state index in [1.165, 1.54) is 12.1 Å². The Morgan fingerprint density at radius 2 is 1.64 bits per heavy atom. The lowest BCUT2D eigenvalue weighted by Crippen LogP contribution is -2.50. The SMILES string of the molecule is Cc1nc(N2CCN(C(=O)Nc3ccc(F)cc3)CC2)cc(-n2cccc2)n1. The van der Waals surface area contributed by atoms with Crippen LogP contribution in [-0.2, 0) is 0 Å². The van der Waals surface area contributed by atoms with E-state index >= 15 is 0 Å². The van der Waals surface area contributed by atoms with E-state index in [4.69, 9.17) is 0 Å². The lowest BCUT2D eigenvalue weighted by molar-refractivity contribution is 0.208. The number of halogens is 1. The molecule has 8 heteroatoms. The summed E-state index contributed by atoms with van der Waals surface area (Å²) < 4.78 is 14.9. The van der Waals surface area contributed by atoms with Crippen LogP contribution in [0.1, 0.15) is 5.82 Å². The van der Waals surface area contributed by atoms with E-state index in [0.717, 1.165) is 11.6 Å². The molecule has 0 aliphatic carbocycles. The van der Waals surface area contributed by atoms with Gasteiger partial charge in [0.1, 0.15) is 23.3 Å². The fraction of sp³-hybridized carbons (Fsp3) is 0.250. The van der Waals surface area contributed by atoms with Gasteiger partial charge in [0.15, 0.2) is 0 Å². The van der Waals surface area contributed by atoms with Gasteiger partial charge in [-0.1, -0.05) is 0 Å². The number of nitrogens with one attached hydrogen (secondary N) is 1. The van der Waals surface area contributed by atoms with Crippen molar-refractivity contribution in [1.82, 2.24) is 19.4 Å². The molecule has 0 spiro atoms. The van der Waals surface area contributed by atoms with E-state index in [9.17, 15) is 9.18 Å². The molecule has 0 bridgehead atoms. The highest BCUT2D eigenvalue weighted by atomic mass is 19.1. The minimum Gasteiger partial charge on any atom is -0.353 e. The van der Waals surface area contributed by atoms with Crippen molar-refractivity contribution < 1.29 is 9.18 Å². The summed E-state index contributed by atoms with van der Waals surface area (Å²) in [5.74, 6) is 2.06. The lowest BCUT2D eigenvalue weighted by Gasteiger charge is -2.35. The Balaban J connectivity index is 1.40. The molecular formula is C20H21FN6O. The Bertz CT molecular complexity index is 949. The second-order valence-electron chi connectivity index (χ2n) is 6.63. The van der Waals surface area contributed by atoms with Crippen LogP contribution in [0.25, 0.3) is 5.82 Å². The molecule has 2 amide bonds. The maximum Gasteiger partial charge on any atom is 0.321 e. The normalized spacial score (nSPS) is 14.2. The molecule has 3 aromatic rings. The van der Waals surface area contributed by atoms with Gasteiger partial charge in [-0.3, -0.25) is 0 Å². The molecule has 7 nitrogen and oxygen atoms in total. The number of hydrogen-bond acceptors (Lipinski definition) is 4.